The van der Waals surface area contributed by atoms with Crippen LogP contribution < -0.4 is 16.0 Å². The maximum absolute atomic E-state index is 14.2. The first-order valence-corrected chi connectivity index (χ1v) is 22.1. The quantitative estimate of drug-likeness (QED) is 0.138. The molecule has 3 aromatic rings. The van der Waals surface area contributed by atoms with E-state index >= 15 is 0 Å². The highest BCUT2D eigenvalue weighted by molar-refractivity contribution is 7.91. The number of carbonyl (C=O) groups excluding carboxylic acids is 1. The first kappa shape index (κ1) is 39.7. The number of hydrogen-bond acceptors (Lipinski definition) is 11. The Labute approximate surface area is 335 Å². The second kappa shape index (κ2) is 14.9. The van der Waals surface area contributed by atoms with Crippen LogP contribution in [0.4, 0.5) is 17.2 Å². The lowest BCUT2D eigenvalue weighted by atomic mass is 9.59. The standard InChI is InChI=1S/C43H56N6O7S/c1-28(2)33-6-4-5-7-34(33)37-26-56-43(14-15-43)27-48(37)31-22-42(23-31)16-18-47(19-17-42)30-8-9-35(39(44)50)38(20-30)57(54,55)32-21-36(49(52)53)40(46-25-32)45-24-29-10-12-41(3,51)13-11-29/h4-9,20-21,25,28-29,31,37,51H,10-19,22-24,26-27H2,1-3H3,(H2,44,50)(H,45,46)/t29?,37-,41?/m0/s1. The van der Waals surface area contributed by atoms with Crippen LogP contribution in [0.3, 0.4) is 0 Å². The second-order valence-electron chi connectivity index (χ2n) is 18.2. The lowest BCUT2D eigenvalue weighted by molar-refractivity contribution is -0.384. The number of rotatable bonds is 11. The summed E-state index contributed by atoms with van der Waals surface area (Å²) in [5.74, 6) is -0.316. The molecule has 2 saturated heterocycles. The van der Waals surface area contributed by atoms with E-state index in [-0.39, 0.29) is 39.3 Å². The molecule has 0 radical (unpaired) electrons. The second-order valence-corrected chi connectivity index (χ2v) is 20.1. The topological polar surface area (TPSA) is 181 Å². The zero-order valence-electron chi connectivity index (χ0n) is 33.3. The Morgan fingerprint density at radius 1 is 1.07 bits per heavy atom. The van der Waals surface area contributed by atoms with Crippen molar-refractivity contribution in [3.05, 3.63) is 81.5 Å². The third kappa shape index (κ3) is 7.90. The lowest BCUT2D eigenvalue weighted by Crippen LogP contribution is -2.59. The Bertz CT molecular complexity index is 2130. The van der Waals surface area contributed by atoms with Crippen molar-refractivity contribution in [2.75, 3.05) is 43.0 Å². The maximum atomic E-state index is 14.2. The average Bonchev–Trinajstić information content (AvgIpc) is 3.94. The van der Waals surface area contributed by atoms with Crippen molar-refractivity contribution < 1.29 is 28.0 Å². The first-order valence-electron chi connectivity index (χ1n) is 20.6. The molecule has 0 bridgehead atoms. The van der Waals surface area contributed by atoms with Gasteiger partial charge in [-0.1, -0.05) is 38.1 Å². The van der Waals surface area contributed by atoms with Gasteiger partial charge in [-0.25, -0.2) is 13.4 Å². The van der Waals surface area contributed by atoms with Crippen LogP contribution in [0.2, 0.25) is 0 Å². The molecule has 3 aliphatic carbocycles. The molecule has 0 unspecified atom stereocenters. The van der Waals surface area contributed by atoms with E-state index in [0.29, 0.717) is 37.0 Å². The van der Waals surface area contributed by atoms with Gasteiger partial charge < -0.3 is 25.8 Å². The Morgan fingerprint density at radius 2 is 1.77 bits per heavy atom. The average molecular weight is 801 g/mol. The number of nitro groups is 1. The fourth-order valence-electron chi connectivity index (χ4n) is 9.96. The van der Waals surface area contributed by atoms with E-state index in [1.54, 1.807) is 6.07 Å². The number of pyridine rings is 1. The summed E-state index contributed by atoms with van der Waals surface area (Å²) in [6, 6.07) is 15.2. The summed E-state index contributed by atoms with van der Waals surface area (Å²) < 4.78 is 34.9. The van der Waals surface area contributed by atoms with E-state index in [1.165, 1.54) is 23.3 Å². The number of benzene rings is 2. The van der Waals surface area contributed by atoms with Gasteiger partial charge in [0.25, 0.3) is 0 Å². The molecular weight excluding hydrogens is 745 g/mol. The smallest absolute Gasteiger partial charge is 0.312 e. The van der Waals surface area contributed by atoms with Crippen LogP contribution in [0.1, 0.15) is 118 Å². The van der Waals surface area contributed by atoms with Gasteiger partial charge in [0, 0.05) is 50.2 Å². The Hall–Kier alpha value is -4.11. The van der Waals surface area contributed by atoms with Crippen LogP contribution >= 0.6 is 0 Å². The normalized spacial score (nSPS) is 27.0. The van der Waals surface area contributed by atoms with E-state index in [4.69, 9.17) is 10.5 Å². The third-order valence-electron chi connectivity index (χ3n) is 13.8. The van der Waals surface area contributed by atoms with Crippen molar-refractivity contribution in [2.45, 2.75) is 124 Å². The number of nitrogens with two attached hydrogens (primary N) is 1. The predicted molar refractivity (Wildman–Crippen MR) is 217 cm³/mol. The molecular formula is C43H56N6O7S. The number of anilines is 2. The van der Waals surface area contributed by atoms with E-state index < -0.39 is 36.9 Å². The molecule has 8 rings (SSSR count). The highest BCUT2D eigenvalue weighted by atomic mass is 32.2. The summed E-state index contributed by atoms with van der Waals surface area (Å²) >= 11 is 0. The number of primary amides is 1. The van der Waals surface area contributed by atoms with Gasteiger partial charge in [0.2, 0.25) is 21.6 Å². The summed E-state index contributed by atoms with van der Waals surface area (Å²) in [5.41, 5.74) is 8.00. The number of amides is 1. The highest BCUT2D eigenvalue weighted by Gasteiger charge is 2.56. The van der Waals surface area contributed by atoms with Gasteiger partial charge in [-0.15, -0.1) is 0 Å². The van der Waals surface area contributed by atoms with Crippen molar-refractivity contribution in [3.8, 4) is 0 Å². The number of aliphatic hydroxyl groups is 1. The molecule has 57 heavy (non-hydrogen) atoms. The van der Waals surface area contributed by atoms with Crippen LogP contribution in [0, 0.1) is 21.4 Å². The van der Waals surface area contributed by atoms with Crippen molar-refractivity contribution in [2.24, 2.45) is 17.1 Å². The number of aromatic nitrogens is 1. The van der Waals surface area contributed by atoms with E-state index in [0.717, 1.165) is 89.9 Å². The largest absolute Gasteiger partial charge is 0.390 e. The Balaban J connectivity index is 0.963. The van der Waals surface area contributed by atoms with Crippen LogP contribution in [0.5, 0.6) is 0 Å². The summed E-state index contributed by atoms with van der Waals surface area (Å²) in [4.78, 5) is 32.5. The molecule has 3 heterocycles. The number of carbonyl (C=O) groups is 1. The zero-order chi connectivity index (χ0) is 40.3. The van der Waals surface area contributed by atoms with Crippen molar-refractivity contribution in [3.63, 3.8) is 0 Å². The molecule has 1 aromatic heterocycles. The van der Waals surface area contributed by atoms with E-state index in [2.05, 4.69) is 58.2 Å². The number of hydrogen-bond donors (Lipinski definition) is 3. The van der Waals surface area contributed by atoms with Gasteiger partial charge in [0.05, 0.1) is 44.1 Å². The first-order chi connectivity index (χ1) is 27.1. The van der Waals surface area contributed by atoms with Gasteiger partial charge in [0.1, 0.15) is 0 Å². The molecule has 3 saturated carbocycles. The maximum Gasteiger partial charge on any atom is 0.312 e. The highest BCUT2D eigenvalue weighted by Crippen LogP contribution is 2.56. The molecule has 4 N–H and O–H groups in total. The summed E-state index contributed by atoms with van der Waals surface area (Å²) in [5, 5.41) is 25.5. The number of ether oxygens (including phenoxy) is 1. The molecule has 2 aliphatic heterocycles. The molecule has 5 aliphatic rings. The van der Waals surface area contributed by atoms with Gasteiger partial charge in [-0.3, -0.25) is 19.8 Å². The summed E-state index contributed by atoms with van der Waals surface area (Å²) in [6.07, 6.45) is 10.3. The van der Waals surface area contributed by atoms with Crippen molar-refractivity contribution >= 4 is 32.9 Å². The van der Waals surface area contributed by atoms with Crippen LogP contribution in [0.25, 0.3) is 0 Å². The van der Waals surface area contributed by atoms with Gasteiger partial charge >= 0.3 is 5.69 Å². The minimum absolute atomic E-state index is 0.0177. The number of nitrogens with zero attached hydrogens (tertiary/aromatic N) is 4. The van der Waals surface area contributed by atoms with Gasteiger partial charge in [-0.05, 0) is 118 Å². The zero-order valence-corrected chi connectivity index (χ0v) is 34.1. The summed E-state index contributed by atoms with van der Waals surface area (Å²) in [6.45, 7) is 9.91. The molecule has 1 amide bonds. The van der Waals surface area contributed by atoms with E-state index in [1.807, 2.05) is 6.92 Å². The summed E-state index contributed by atoms with van der Waals surface area (Å²) in [7, 11) is -4.44. The molecule has 5 fully saturated rings. The molecule has 14 heteroatoms. The molecule has 13 nitrogen and oxygen atoms in total. The van der Waals surface area contributed by atoms with Gasteiger partial charge in [0.15, 0.2) is 0 Å². The lowest BCUT2D eigenvalue weighted by Gasteiger charge is -2.58. The monoisotopic (exact) mass is 800 g/mol. The van der Waals surface area contributed by atoms with Gasteiger partial charge in [-0.2, -0.15) is 0 Å². The molecule has 2 spiro atoms. The SMILES string of the molecule is CC(C)c1ccccc1[C@@H]1COC2(CC2)CN1C1CC2(CCN(c3ccc(C(N)=O)c(S(=O)(=O)c4cnc(NCC5CCC(C)(O)CC5)c([N+](=O)[O-])c4)c3)CC2)C1. The molecule has 306 valence electrons. The number of piperidine rings is 1. The fourth-order valence-corrected chi connectivity index (χ4v) is 11.4. The molecule has 2 aromatic carbocycles. The number of nitrogens with one attached hydrogen (secondary N) is 1. The van der Waals surface area contributed by atoms with Crippen molar-refractivity contribution in [1.82, 2.24) is 9.88 Å². The number of morpholine rings is 1. The molecule has 1 atom stereocenters. The Morgan fingerprint density at radius 3 is 2.42 bits per heavy atom. The Kier molecular flexibility index (Phi) is 10.4. The van der Waals surface area contributed by atoms with Crippen molar-refractivity contribution in [1.29, 1.82) is 0 Å². The minimum atomic E-state index is -4.44. The fraction of sp³-hybridized carbons (Fsp3) is 0.581. The minimum Gasteiger partial charge on any atom is -0.390 e. The van der Waals surface area contributed by atoms with Crippen LogP contribution in [0.15, 0.2) is 64.5 Å². The third-order valence-corrected chi connectivity index (χ3v) is 15.6. The van der Waals surface area contributed by atoms with Crippen LogP contribution in [-0.2, 0) is 14.6 Å². The predicted octanol–water partition coefficient (Wildman–Crippen LogP) is 6.75. The van der Waals surface area contributed by atoms with E-state index in [9.17, 15) is 28.4 Å². The number of sulfone groups is 1. The van der Waals surface area contributed by atoms with Crippen LogP contribution in [-0.4, -0.2) is 84.3 Å².